The van der Waals surface area contributed by atoms with Gasteiger partial charge in [-0.15, -0.1) is 6.58 Å². The van der Waals surface area contributed by atoms with Gasteiger partial charge in [0.05, 0.1) is 6.42 Å². The summed E-state index contributed by atoms with van der Waals surface area (Å²) in [6.07, 6.45) is 6.81. The molecule has 1 fully saturated rings. The third-order valence-corrected chi connectivity index (χ3v) is 3.80. The summed E-state index contributed by atoms with van der Waals surface area (Å²) in [5.41, 5.74) is -0.269. The fourth-order valence-electron chi connectivity index (χ4n) is 2.71. The van der Waals surface area contributed by atoms with Crippen molar-refractivity contribution in [3.63, 3.8) is 0 Å². The zero-order valence-corrected chi connectivity index (χ0v) is 11.7. The van der Waals surface area contributed by atoms with Gasteiger partial charge in [0.2, 0.25) is 0 Å². The second-order valence-corrected chi connectivity index (χ2v) is 5.46. The van der Waals surface area contributed by atoms with Crippen LogP contribution in [0.15, 0.2) is 12.7 Å². The summed E-state index contributed by atoms with van der Waals surface area (Å²) in [5.74, 6) is -0.782. The molecule has 1 rings (SSSR count). The Bertz CT molecular complexity index is 336. The molecule has 0 atom stereocenters. The van der Waals surface area contributed by atoms with Crippen LogP contribution in [0.4, 0.5) is 4.79 Å². The third kappa shape index (κ3) is 4.93. The third-order valence-electron chi connectivity index (χ3n) is 3.80. The molecule has 1 saturated carbocycles. The predicted octanol–water partition coefficient (Wildman–Crippen LogP) is 2.24. The van der Waals surface area contributed by atoms with E-state index in [2.05, 4.69) is 11.9 Å². The van der Waals surface area contributed by atoms with Crippen molar-refractivity contribution >= 4 is 12.0 Å². The number of likely N-dealkylation sites (N-methyl/N-ethyl adjacent to an activating group) is 1. The highest BCUT2D eigenvalue weighted by Crippen LogP contribution is 2.38. The molecule has 5 nitrogen and oxygen atoms in total. The average Bonchev–Trinajstić information content (AvgIpc) is 2.36. The van der Waals surface area contributed by atoms with Crippen molar-refractivity contribution in [3.8, 4) is 0 Å². The van der Waals surface area contributed by atoms with Gasteiger partial charge in [-0.05, 0) is 18.3 Å². The van der Waals surface area contributed by atoms with Crippen LogP contribution in [0.5, 0.6) is 0 Å². The van der Waals surface area contributed by atoms with Gasteiger partial charge in [0, 0.05) is 20.1 Å². The predicted molar refractivity (Wildman–Crippen MR) is 74.0 cm³/mol. The molecule has 0 aromatic heterocycles. The molecule has 1 aliphatic rings. The smallest absolute Gasteiger partial charge is 0.317 e. The van der Waals surface area contributed by atoms with E-state index in [0.29, 0.717) is 13.1 Å². The Morgan fingerprint density at radius 3 is 2.53 bits per heavy atom. The van der Waals surface area contributed by atoms with Crippen LogP contribution in [0.25, 0.3) is 0 Å². The molecule has 0 aromatic rings. The minimum atomic E-state index is -0.782. The van der Waals surface area contributed by atoms with E-state index < -0.39 is 5.97 Å². The van der Waals surface area contributed by atoms with Crippen LogP contribution in [-0.4, -0.2) is 42.1 Å². The molecule has 0 bridgehead atoms. The summed E-state index contributed by atoms with van der Waals surface area (Å²) >= 11 is 0. The second kappa shape index (κ2) is 7.16. The summed E-state index contributed by atoms with van der Waals surface area (Å²) in [7, 11) is 1.70. The first-order chi connectivity index (χ1) is 8.99. The quantitative estimate of drug-likeness (QED) is 0.726. The molecular formula is C14H24N2O3. The van der Waals surface area contributed by atoms with E-state index in [1.165, 1.54) is 4.90 Å². The summed E-state index contributed by atoms with van der Waals surface area (Å²) in [5, 5.41) is 11.9. The molecule has 0 heterocycles. The van der Waals surface area contributed by atoms with Gasteiger partial charge in [-0.1, -0.05) is 25.3 Å². The van der Waals surface area contributed by atoms with Crippen molar-refractivity contribution < 1.29 is 14.7 Å². The van der Waals surface area contributed by atoms with Crippen LogP contribution in [-0.2, 0) is 4.79 Å². The maximum atomic E-state index is 11.8. The van der Waals surface area contributed by atoms with Crippen LogP contribution in [0, 0.1) is 5.41 Å². The van der Waals surface area contributed by atoms with Crippen molar-refractivity contribution in [1.82, 2.24) is 10.2 Å². The number of hydrogen-bond donors (Lipinski definition) is 2. The van der Waals surface area contributed by atoms with Crippen molar-refractivity contribution in [1.29, 1.82) is 0 Å². The standard InChI is InChI=1S/C14H24N2O3/c1-3-9-16(2)13(19)15-11-14(10-12(17)18)7-5-4-6-8-14/h3H,1,4-11H2,2H3,(H,15,19)(H,17,18). The molecule has 2 amide bonds. The highest BCUT2D eigenvalue weighted by Gasteiger charge is 2.34. The van der Waals surface area contributed by atoms with Gasteiger partial charge in [-0.25, -0.2) is 4.79 Å². The Morgan fingerprint density at radius 2 is 2.00 bits per heavy atom. The van der Waals surface area contributed by atoms with Gasteiger partial charge < -0.3 is 15.3 Å². The average molecular weight is 268 g/mol. The zero-order chi connectivity index (χ0) is 14.3. The lowest BCUT2D eigenvalue weighted by Gasteiger charge is -2.36. The lowest BCUT2D eigenvalue weighted by molar-refractivity contribution is -0.140. The summed E-state index contributed by atoms with van der Waals surface area (Å²) < 4.78 is 0. The molecule has 5 heteroatoms. The maximum Gasteiger partial charge on any atom is 0.317 e. The molecule has 19 heavy (non-hydrogen) atoms. The van der Waals surface area contributed by atoms with E-state index >= 15 is 0 Å². The minimum Gasteiger partial charge on any atom is -0.481 e. The van der Waals surface area contributed by atoms with Gasteiger partial charge in [-0.2, -0.15) is 0 Å². The van der Waals surface area contributed by atoms with E-state index in [1.807, 2.05) is 0 Å². The Balaban J connectivity index is 2.55. The molecule has 108 valence electrons. The van der Waals surface area contributed by atoms with Crippen molar-refractivity contribution in [2.24, 2.45) is 5.41 Å². The number of nitrogens with one attached hydrogen (secondary N) is 1. The first-order valence-corrected chi connectivity index (χ1v) is 6.81. The lowest BCUT2D eigenvalue weighted by Crippen LogP contribution is -2.45. The van der Waals surface area contributed by atoms with Gasteiger partial charge >= 0.3 is 12.0 Å². The number of nitrogens with zero attached hydrogens (tertiary/aromatic N) is 1. The van der Waals surface area contributed by atoms with Gasteiger partial charge in [0.15, 0.2) is 0 Å². The van der Waals surface area contributed by atoms with Crippen LogP contribution in [0.1, 0.15) is 38.5 Å². The molecule has 0 saturated heterocycles. The van der Waals surface area contributed by atoms with Crippen LogP contribution < -0.4 is 5.32 Å². The summed E-state index contributed by atoms with van der Waals surface area (Å²) in [6.45, 7) is 4.51. The first-order valence-electron chi connectivity index (χ1n) is 6.81. The zero-order valence-electron chi connectivity index (χ0n) is 11.7. The number of carbonyl (C=O) groups excluding carboxylic acids is 1. The van der Waals surface area contributed by atoms with E-state index in [4.69, 9.17) is 5.11 Å². The number of urea groups is 1. The minimum absolute atomic E-state index is 0.137. The molecule has 0 aromatic carbocycles. The fraction of sp³-hybridized carbons (Fsp3) is 0.714. The Hall–Kier alpha value is -1.52. The SMILES string of the molecule is C=CCN(C)C(=O)NCC1(CC(=O)O)CCCCC1. The Kier molecular flexibility index (Phi) is 5.86. The van der Waals surface area contributed by atoms with Crippen LogP contribution >= 0.6 is 0 Å². The Labute approximate surface area is 114 Å². The summed E-state index contributed by atoms with van der Waals surface area (Å²) in [4.78, 5) is 24.4. The van der Waals surface area contributed by atoms with E-state index in [9.17, 15) is 9.59 Å². The monoisotopic (exact) mass is 268 g/mol. The van der Waals surface area contributed by atoms with Crippen molar-refractivity contribution in [3.05, 3.63) is 12.7 Å². The molecule has 2 N–H and O–H groups in total. The molecule has 0 radical (unpaired) electrons. The van der Waals surface area contributed by atoms with Gasteiger partial charge in [0.1, 0.15) is 0 Å². The first kappa shape index (κ1) is 15.5. The number of carbonyl (C=O) groups is 2. The number of carboxylic acids is 1. The number of rotatable bonds is 6. The van der Waals surface area contributed by atoms with E-state index in [0.717, 1.165) is 32.1 Å². The Morgan fingerprint density at radius 1 is 1.37 bits per heavy atom. The molecular weight excluding hydrogens is 244 g/mol. The lowest BCUT2D eigenvalue weighted by atomic mass is 9.72. The molecule has 0 spiro atoms. The number of aliphatic carboxylic acids is 1. The topological polar surface area (TPSA) is 69.6 Å². The van der Waals surface area contributed by atoms with Gasteiger partial charge in [-0.3, -0.25) is 4.79 Å². The number of carboxylic acid groups (broad SMARTS) is 1. The molecule has 0 unspecified atom stereocenters. The van der Waals surface area contributed by atoms with E-state index in [-0.39, 0.29) is 17.9 Å². The number of hydrogen-bond acceptors (Lipinski definition) is 2. The highest BCUT2D eigenvalue weighted by atomic mass is 16.4. The fourth-order valence-corrected chi connectivity index (χ4v) is 2.71. The highest BCUT2D eigenvalue weighted by molar-refractivity contribution is 5.74. The maximum absolute atomic E-state index is 11.8. The molecule has 0 aliphatic heterocycles. The van der Waals surface area contributed by atoms with Crippen LogP contribution in [0.2, 0.25) is 0 Å². The van der Waals surface area contributed by atoms with Crippen molar-refractivity contribution in [2.45, 2.75) is 38.5 Å². The van der Waals surface area contributed by atoms with Gasteiger partial charge in [0.25, 0.3) is 0 Å². The normalized spacial score (nSPS) is 17.5. The summed E-state index contributed by atoms with van der Waals surface area (Å²) in [6, 6.07) is -0.171. The van der Waals surface area contributed by atoms with Crippen LogP contribution in [0.3, 0.4) is 0 Å². The van der Waals surface area contributed by atoms with Crippen molar-refractivity contribution in [2.75, 3.05) is 20.1 Å². The molecule has 1 aliphatic carbocycles. The second-order valence-electron chi connectivity index (χ2n) is 5.46. The van der Waals surface area contributed by atoms with E-state index in [1.54, 1.807) is 13.1 Å². The number of amides is 2. The largest absolute Gasteiger partial charge is 0.481 e.